The van der Waals surface area contributed by atoms with Gasteiger partial charge in [-0.25, -0.2) is 0 Å². The van der Waals surface area contributed by atoms with E-state index in [0.717, 1.165) is 18.7 Å². The Bertz CT molecular complexity index is 860. The molecule has 1 saturated heterocycles. The highest BCUT2D eigenvalue weighted by Crippen LogP contribution is 2.22. The van der Waals surface area contributed by atoms with Gasteiger partial charge in [0.05, 0.1) is 6.61 Å². The fourth-order valence-electron chi connectivity index (χ4n) is 3.10. The molecular weight excluding hydrogens is 338 g/mol. The maximum atomic E-state index is 12.4. The van der Waals surface area contributed by atoms with Crippen LogP contribution in [0.3, 0.4) is 0 Å². The first-order valence-electron chi connectivity index (χ1n) is 9.20. The molecule has 0 spiro atoms. The summed E-state index contributed by atoms with van der Waals surface area (Å²) in [6, 6.07) is 17.1. The normalized spacial score (nSPS) is 13.9. The van der Waals surface area contributed by atoms with Crippen molar-refractivity contribution in [1.29, 1.82) is 5.26 Å². The third-order valence-corrected chi connectivity index (χ3v) is 4.44. The van der Waals surface area contributed by atoms with E-state index in [9.17, 15) is 10.1 Å². The minimum absolute atomic E-state index is 0.0609. The summed E-state index contributed by atoms with van der Waals surface area (Å²) in [4.78, 5) is 14.8. The molecule has 1 heterocycles. The summed E-state index contributed by atoms with van der Waals surface area (Å²) in [5, 5.41) is 12.1. The second-order valence-corrected chi connectivity index (χ2v) is 6.37. The van der Waals surface area contributed by atoms with Gasteiger partial charge in [-0.1, -0.05) is 18.2 Å². The van der Waals surface area contributed by atoms with Crippen LogP contribution >= 0.6 is 0 Å². The number of nitriles is 1. The third-order valence-electron chi connectivity index (χ3n) is 4.44. The molecule has 2 aromatic carbocycles. The van der Waals surface area contributed by atoms with Gasteiger partial charge >= 0.3 is 0 Å². The van der Waals surface area contributed by atoms with Crippen LogP contribution < -0.4 is 15.0 Å². The van der Waals surface area contributed by atoms with E-state index in [1.807, 2.05) is 43.3 Å². The Labute approximate surface area is 159 Å². The summed E-state index contributed by atoms with van der Waals surface area (Å²) in [6.07, 6.45) is 4.06. The van der Waals surface area contributed by atoms with Crippen LogP contribution in [0, 0.1) is 11.3 Å². The molecule has 1 amide bonds. The molecule has 1 aliphatic heterocycles. The Morgan fingerprint density at radius 2 is 1.96 bits per heavy atom. The van der Waals surface area contributed by atoms with Gasteiger partial charge in [-0.05, 0) is 55.7 Å². The minimum atomic E-state index is -0.435. The van der Waals surface area contributed by atoms with E-state index < -0.39 is 5.91 Å². The second-order valence-electron chi connectivity index (χ2n) is 6.37. The zero-order valence-corrected chi connectivity index (χ0v) is 15.4. The number of carbonyl (C=O) groups excluding carboxylic acids is 1. The van der Waals surface area contributed by atoms with Crippen molar-refractivity contribution in [2.75, 3.05) is 29.9 Å². The summed E-state index contributed by atoms with van der Waals surface area (Å²) in [5.74, 6) is 0.241. The molecule has 5 nitrogen and oxygen atoms in total. The Kier molecular flexibility index (Phi) is 6.11. The van der Waals surface area contributed by atoms with Crippen molar-refractivity contribution in [2.24, 2.45) is 0 Å². The predicted octanol–water partition coefficient (Wildman–Crippen LogP) is 4.23. The number of benzene rings is 2. The Balaban J connectivity index is 1.70. The van der Waals surface area contributed by atoms with Gasteiger partial charge < -0.3 is 15.0 Å². The van der Waals surface area contributed by atoms with Gasteiger partial charge in [-0.15, -0.1) is 0 Å². The quantitative estimate of drug-likeness (QED) is 0.618. The lowest BCUT2D eigenvalue weighted by atomic mass is 10.1. The lowest BCUT2D eigenvalue weighted by molar-refractivity contribution is -0.112. The molecule has 138 valence electrons. The molecule has 3 rings (SSSR count). The van der Waals surface area contributed by atoms with Gasteiger partial charge in [0, 0.05) is 30.5 Å². The van der Waals surface area contributed by atoms with E-state index in [4.69, 9.17) is 4.74 Å². The van der Waals surface area contributed by atoms with E-state index in [0.29, 0.717) is 18.0 Å². The highest BCUT2D eigenvalue weighted by Gasteiger charge is 2.13. The molecule has 0 radical (unpaired) electrons. The molecule has 0 bridgehead atoms. The van der Waals surface area contributed by atoms with E-state index >= 15 is 0 Å². The number of anilines is 2. The van der Waals surface area contributed by atoms with Crippen molar-refractivity contribution >= 4 is 23.4 Å². The van der Waals surface area contributed by atoms with Gasteiger partial charge in [0.15, 0.2) is 0 Å². The molecule has 0 unspecified atom stereocenters. The molecule has 0 aliphatic carbocycles. The smallest absolute Gasteiger partial charge is 0.266 e. The largest absolute Gasteiger partial charge is 0.494 e. The number of hydrogen-bond donors (Lipinski definition) is 1. The Morgan fingerprint density at radius 1 is 1.22 bits per heavy atom. The topological polar surface area (TPSA) is 65.4 Å². The maximum Gasteiger partial charge on any atom is 0.266 e. The molecular formula is C22H23N3O2. The van der Waals surface area contributed by atoms with Crippen molar-refractivity contribution in [3.63, 3.8) is 0 Å². The molecule has 1 fully saturated rings. The number of amides is 1. The number of rotatable bonds is 6. The van der Waals surface area contributed by atoms with Crippen molar-refractivity contribution in [3.05, 3.63) is 59.7 Å². The van der Waals surface area contributed by atoms with E-state index in [1.165, 1.54) is 18.5 Å². The van der Waals surface area contributed by atoms with Crippen LogP contribution in [0.15, 0.2) is 54.1 Å². The molecule has 0 saturated carbocycles. The molecule has 5 heteroatoms. The van der Waals surface area contributed by atoms with Crippen LogP contribution in [0.2, 0.25) is 0 Å². The highest BCUT2D eigenvalue weighted by atomic mass is 16.5. The Hall–Kier alpha value is -3.26. The van der Waals surface area contributed by atoms with E-state index in [1.54, 1.807) is 24.3 Å². The van der Waals surface area contributed by atoms with Crippen LogP contribution in [-0.4, -0.2) is 25.6 Å². The summed E-state index contributed by atoms with van der Waals surface area (Å²) >= 11 is 0. The zero-order chi connectivity index (χ0) is 19.1. The number of carbonyl (C=O) groups is 1. The minimum Gasteiger partial charge on any atom is -0.494 e. The zero-order valence-electron chi connectivity index (χ0n) is 15.4. The van der Waals surface area contributed by atoms with Crippen LogP contribution in [0.25, 0.3) is 6.08 Å². The van der Waals surface area contributed by atoms with E-state index in [2.05, 4.69) is 10.2 Å². The number of ether oxygens (including phenoxy) is 1. The monoisotopic (exact) mass is 361 g/mol. The van der Waals surface area contributed by atoms with Crippen molar-refractivity contribution < 1.29 is 9.53 Å². The molecule has 27 heavy (non-hydrogen) atoms. The van der Waals surface area contributed by atoms with Gasteiger partial charge in [-0.2, -0.15) is 5.26 Å². The van der Waals surface area contributed by atoms with Gasteiger partial charge in [0.25, 0.3) is 5.91 Å². The van der Waals surface area contributed by atoms with Crippen molar-refractivity contribution in [2.45, 2.75) is 19.8 Å². The molecule has 0 atom stereocenters. The van der Waals surface area contributed by atoms with Crippen LogP contribution in [0.1, 0.15) is 25.3 Å². The summed E-state index contributed by atoms with van der Waals surface area (Å²) in [5.41, 5.74) is 2.66. The van der Waals surface area contributed by atoms with Crippen LogP contribution in [0.4, 0.5) is 11.4 Å². The average molecular weight is 361 g/mol. The lowest BCUT2D eigenvalue weighted by Gasteiger charge is -2.17. The molecule has 1 aliphatic rings. The molecule has 0 aromatic heterocycles. The maximum absolute atomic E-state index is 12.4. The summed E-state index contributed by atoms with van der Waals surface area (Å²) in [6.45, 7) is 4.62. The first kappa shape index (κ1) is 18.5. The average Bonchev–Trinajstić information content (AvgIpc) is 3.22. The van der Waals surface area contributed by atoms with Crippen molar-refractivity contribution in [3.8, 4) is 11.8 Å². The van der Waals surface area contributed by atoms with Crippen molar-refractivity contribution in [1.82, 2.24) is 0 Å². The predicted molar refractivity (Wildman–Crippen MR) is 108 cm³/mol. The van der Waals surface area contributed by atoms with Crippen LogP contribution in [-0.2, 0) is 4.79 Å². The fourth-order valence-corrected chi connectivity index (χ4v) is 3.10. The standard InChI is InChI=1S/C22H23N3O2/c1-2-27-21-7-5-6-19(15-21)24-22(26)18(16-23)14-17-8-10-20(11-9-17)25-12-3-4-13-25/h5-11,14-15H,2-4,12-13H2,1H3,(H,24,26)/b18-14+. The summed E-state index contributed by atoms with van der Waals surface area (Å²) < 4.78 is 5.43. The number of hydrogen-bond acceptors (Lipinski definition) is 4. The first-order chi connectivity index (χ1) is 13.2. The second kappa shape index (κ2) is 8.91. The molecule has 2 aromatic rings. The van der Waals surface area contributed by atoms with Gasteiger partial charge in [-0.3, -0.25) is 4.79 Å². The summed E-state index contributed by atoms with van der Waals surface area (Å²) in [7, 11) is 0. The highest BCUT2D eigenvalue weighted by molar-refractivity contribution is 6.09. The van der Waals surface area contributed by atoms with Gasteiger partial charge in [0.2, 0.25) is 0 Å². The first-order valence-corrected chi connectivity index (χ1v) is 9.20. The van der Waals surface area contributed by atoms with E-state index in [-0.39, 0.29) is 5.57 Å². The third kappa shape index (κ3) is 4.89. The number of nitrogens with zero attached hydrogens (tertiary/aromatic N) is 2. The SMILES string of the molecule is CCOc1cccc(NC(=O)/C(C#N)=C/c2ccc(N3CCCC3)cc2)c1. The number of nitrogens with one attached hydrogen (secondary N) is 1. The fraction of sp³-hybridized carbons (Fsp3) is 0.273. The van der Waals surface area contributed by atoms with Gasteiger partial charge in [0.1, 0.15) is 17.4 Å². The van der Waals surface area contributed by atoms with Crippen LogP contribution in [0.5, 0.6) is 5.75 Å². The Morgan fingerprint density at radius 3 is 2.63 bits per heavy atom. The molecule has 1 N–H and O–H groups in total. The lowest BCUT2D eigenvalue weighted by Crippen LogP contribution is -2.17.